The zero-order valence-corrected chi connectivity index (χ0v) is 11.3. The summed E-state index contributed by atoms with van der Waals surface area (Å²) in [5, 5.41) is 1.07. The standard InChI is InChI=1S/C14H19O2P/c1-10-11-3-8-14(10)17(15,9-11)13-6-4-12(16-2)5-7-13/h4-7,10-11,14H,3,8-9H2,1-2H3. The van der Waals surface area contributed by atoms with Gasteiger partial charge in [-0.15, -0.1) is 0 Å². The minimum Gasteiger partial charge on any atom is -0.497 e. The van der Waals surface area contributed by atoms with Crippen LogP contribution in [0.2, 0.25) is 0 Å². The van der Waals surface area contributed by atoms with Crippen LogP contribution in [-0.4, -0.2) is 18.9 Å². The molecule has 2 nitrogen and oxygen atoms in total. The number of hydrogen-bond donors (Lipinski definition) is 0. The van der Waals surface area contributed by atoms with Crippen molar-refractivity contribution >= 4 is 12.4 Å². The molecule has 17 heavy (non-hydrogen) atoms. The highest BCUT2D eigenvalue weighted by Crippen LogP contribution is 2.67. The van der Waals surface area contributed by atoms with Gasteiger partial charge in [0.15, 0.2) is 0 Å². The molecule has 1 aliphatic carbocycles. The van der Waals surface area contributed by atoms with Gasteiger partial charge in [0.25, 0.3) is 0 Å². The summed E-state index contributed by atoms with van der Waals surface area (Å²) < 4.78 is 18.3. The van der Waals surface area contributed by atoms with E-state index in [9.17, 15) is 4.57 Å². The summed E-state index contributed by atoms with van der Waals surface area (Å²) in [6.45, 7) is 2.28. The molecule has 4 atom stereocenters. The predicted molar refractivity (Wildman–Crippen MR) is 70.8 cm³/mol. The van der Waals surface area contributed by atoms with E-state index in [4.69, 9.17) is 4.74 Å². The van der Waals surface area contributed by atoms with Crippen molar-refractivity contribution in [2.75, 3.05) is 13.3 Å². The zero-order chi connectivity index (χ0) is 12.0. The average Bonchev–Trinajstić information content (AvgIpc) is 2.83. The summed E-state index contributed by atoms with van der Waals surface area (Å²) in [7, 11) is -0.461. The minimum absolute atomic E-state index is 0.445. The summed E-state index contributed by atoms with van der Waals surface area (Å²) in [4.78, 5) is 0. The monoisotopic (exact) mass is 250 g/mol. The van der Waals surface area contributed by atoms with E-state index in [2.05, 4.69) is 6.92 Å². The Labute approximate surface area is 103 Å². The number of fused-ring (bicyclic) bond motifs is 2. The fraction of sp³-hybridized carbons (Fsp3) is 0.571. The first-order valence-electron chi connectivity index (χ1n) is 6.38. The van der Waals surface area contributed by atoms with Gasteiger partial charge in [0, 0.05) is 17.1 Å². The molecule has 1 saturated carbocycles. The van der Waals surface area contributed by atoms with Crippen LogP contribution in [0.25, 0.3) is 0 Å². The summed E-state index contributed by atoms with van der Waals surface area (Å²) in [5.74, 6) is 2.20. The van der Waals surface area contributed by atoms with Crippen molar-refractivity contribution in [2.45, 2.75) is 25.4 Å². The largest absolute Gasteiger partial charge is 0.497 e. The molecule has 2 aliphatic rings. The molecule has 1 heterocycles. The summed E-state index contributed by atoms with van der Waals surface area (Å²) in [5.41, 5.74) is 0.445. The Morgan fingerprint density at radius 1 is 1.24 bits per heavy atom. The van der Waals surface area contributed by atoms with Crippen molar-refractivity contribution in [1.82, 2.24) is 0 Å². The lowest BCUT2D eigenvalue weighted by Gasteiger charge is -2.23. The Bertz CT molecular complexity index is 466. The first kappa shape index (κ1) is 11.3. The fourth-order valence-electron chi connectivity index (χ4n) is 3.69. The Hall–Kier alpha value is -0.750. The highest BCUT2D eigenvalue weighted by atomic mass is 31.2. The van der Waals surface area contributed by atoms with Gasteiger partial charge in [-0.3, -0.25) is 0 Å². The van der Waals surface area contributed by atoms with Crippen LogP contribution in [0.1, 0.15) is 19.8 Å². The molecule has 1 aliphatic heterocycles. The van der Waals surface area contributed by atoms with E-state index in [0.29, 0.717) is 17.5 Å². The summed E-state index contributed by atoms with van der Waals surface area (Å²) in [6, 6.07) is 7.89. The third kappa shape index (κ3) is 1.57. The van der Waals surface area contributed by atoms with Gasteiger partial charge in [0.2, 0.25) is 0 Å². The van der Waals surface area contributed by atoms with Crippen molar-refractivity contribution in [1.29, 1.82) is 0 Å². The van der Waals surface area contributed by atoms with Gasteiger partial charge in [0.1, 0.15) is 12.9 Å². The van der Waals surface area contributed by atoms with E-state index < -0.39 is 7.14 Å². The van der Waals surface area contributed by atoms with E-state index in [0.717, 1.165) is 23.6 Å². The Morgan fingerprint density at radius 3 is 2.41 bits per heavy atom. The van der Waals surface area contributed by atoms with Crippen molar-refractivity contribution in [3.8, 4) is 5.75 Å². The molecule has 1 aromatic rings. The van der Waals surface area contributed by atoms with Crippen LogP contribution >= 0.6 is 7.14 Å². The Kier molecular flexibility index (Phi) is 2.59. The first-order valence-corrected chi connectivity index (χ1v) is 8.34. The van der Waals surface area contributed by atoms with Gasteiger partial charge in [-0.1, -0.05) is 6.92 Å². The fourth-order valence-corrected chi connectivity index (χ4v) is 7.99. The third-order valence-electron chi connectivity index (χ3n) is 4.73. The average molecular weight is 250 g/mol. The first-order chi connectivity index (χ1) is 8.15. The van der Waals surface area contributed by atoms with E-state index in [1.165, 1.54) is 6.42 Å². The number of ether oxygens (including phenoxy) is 1. The van der Waals surface area contributed by atoms with Crippen LogP contribution in [0, 0.1) is 11.8 Å². The second-order valence-electron chi connectivity index (χ2n) is 5.44. The molecule has 1 saturated heterocycles. The van der Waals surface area contributed by atoms with Gasteiger partial charge in [-0.05, 0) is 48.9 Å². The quantitative estimate of drug-likeness (QED) is 0.754. The van der Waals surface area contributed by atoms with Crippen LogP contribution < -0.4 is 10.0 Å². The lowest BCUT2D eigenvalue weighted by atomic mass is 10.0. The van der Waals surface area contributed by atoms with Gasteiger partial charge >= 0.3 is 0 Å². The Balaban J connectivity index is 1.96. The molecule has 2 fully saturated rings. The number of rotatable bonds is 2. The van der Waals surface area contributed by atoms with E-state index >= 15 is 0 Å². The third-order valence-corrected chi connectivity index (χ3v) is 8.72. The lowest BCUT2D eigenvalue weighted by Crippen LogP contribution is -2.17. The van der Waals surface area contributed by atoms with Crippen molar-refractivity contribution < 1.29 is 9.30 Å². The predicted octanol–water partition coefficient (Wildman–Crippen LogP) is 3.11. The molecule has 1 aromatic carbocycles. The molecule has 0 N–H and O–H groups in total. The van der Waals surface area contributed by atoms with Gasteiger partial charge < -0.3 is 9.30 Å². The molecule has 92 valence electrons. The van der Waals surface area contributed by atoms with Crippen molar-refractivity contribution in [3.63, 3.8) is 0 Å². The maximum absolute atomic E-state index is 13.2. The molecule has 0 amide bonds. The summed E-state index contributed by atoms with van der Waals surface area (Å²) in [6.07, 6.45) is 3.38. The highest BCUT2D eigenvalue weighted by molar-refractivity contribution is 7.72. The highest BCUT2D eigenvalue weighted by Gasteiger charge is 2.53. The number of benzene rings is 1. The maximum atomic E-state index is 13.2. The smallest absolute Gasteiger partial charge is 0.119 e. The summed E-state index contributed by atoms with van der Waals surface area (Å²) >= 11 is 0. The molecule has 3 rings (SSSR count). The number of methoxy groups -OCH3 is 1. The van der Waals surface area contributed by atoms with Crippen molar-refractivity contribution in [3.05, 3.63) is 24.3 Å². The zero-order valence-electron chi connectivity index (χ0n) is 10.4. The molecule has 0 radical (unpaired) electrons. The van der Waals surface area contributed by atoms with Gasteiger partial charge in [0.05, 0.1) is 7.11 Å². The lowest BCUT2D eigenvalue weighted by molar-refractivity contribution is 0.415. The minimum atomic E-state index is -2.12. The van der Waals surface area contributed by atoms with E-state index in [1.807, 2.05) is 24.3 Å². The molecule has 4 unspecified atom stereocenters. The molecule has 3 heteroatoms. The topological polar surface area (TPSA) is 26.3 Å². The molecule has 2 bridgehead atoms. The van der Waals surface area contributed by atoms with Gasteiger partial charge in [-0.25, -0.2) is 0 Å². The van der Waals surface area contributed by atoms with E-state index in [1.54, 1.807) is 7.11 Å². The SMILES string of the molecule is COc1ccc(P2(=O)CC3CCC2C3C)cc1. The normalized spacial score (nSPS) is 39.5. The van der Waals surface area contributed by atoms with Crippen LogP contribution in [-0.2, 0) is 4.57 Å². The van der Waals surface area contributed by atoms with Crippen LogP contribution in [0.5, 0.6) is 5.75 Å². The second kappa shape index (κ2) is 3.88. The molecular weight excluding hydrogens is 231 g/mol. The van der Waals surface area contributed by atoms with Crippen molar-refractivity contribution in [2.24, 2.45) is 11.8 Å². The number of hydrogen-bond acceptors (Lipinski definition) is 2. The van der Waals surface area contributed by atoms with Crippen LogP contribution in [0.15, 0.2) is 24.3 Å². The van der Waals surface area contributed by atoms with E-state index in [-0.39, 0.29) is 0 Å². The van der Waals surface area contributed by atoms with Gasteiger partial charge in [-0.2, -0.15) is 0 Å². The second-order valence-corrected chi connectivity index (χ2v) is 8.58. The maximum Gasteiger partial charge on any atom is 0.119 e. The Morgan fingerprint density at radius 2 is 1.94 bits per heavy atom. The molecule has 0 aromatic heterocycles. The molecule has 0 spiro atoms. The van der Waals surface area contributed by atoms with Crippen LogP contribution in [0.3, 0.4) is 0 Å². The molecular formula is C14H19O2P. The van der Waals surface area contributed by atoms with Crippen LogP contribution in [0.4, 0.5) is 0 Å².